The second kappa shape index (κ2) is 13.8. The van der Waals surface area contributed by atoms with Crippen molar-refractivity contribution < 1.29 is 37.3 Å². The number of aliphatic hydroxyl groups excluding tert-OH is 1. The largest absolute Gasteiger partial charge is 0.488 e. The van der Waals surface area contributed by atoms with E-state index in [-0.39, 0.29) is 60.1 Å². The van der Waals surface area contributed by atoms with Crippen molar-refractivity contribution in [2.45, 2.75) is 37.3 Å². The van der Waals surface area contributed by atoms with Gasteiger partial charge in [0.05, 0.1) is 47.3 Å². The van der Waals surface area contributed by atoms with Crippen LogP contribution in [-0.4, -0.2) is 91.6 Å². The van der Waals surface area contributed by atoms with Crippen LogP contribution in [0.3, 0.4) is 0 Å². The molecule has 0 fully saturated rings. The third-order valence-corrected chi connectivity index (χ3v) is 10.5. The first-order chi connectivity index (χ1) is 23.1. The van der Waals surface area contributed by atoms with Gasteiger partial charge in [-0.15, -0.1) is 0 Å². The van der Waals surface area contributed by atoms with Crippen molar-refractivity contribution in [3.8, 4) is 17.2 Å². The maximum atomic E-state index is 13.9. The van der Waals surface area contributed by atoms with Gasteiger partial charge in [0.2, 0.25) is 15.9 Å². The number of sulfonamides is 1. The first-order valence-corrected chi connectivity index (χ1v) is 17.2. The number of carbonyl (C=O) groups excluding carboxylic acids is 2. The SMILES string of the molecule is C[C@@H]1CN([C@@H](C)CO)C(=O)c2cccc(CC(=O)Nc3cccc4cccnc34)c2O[C@H]1CN(C)S(=O)(=O)c1ccc2c(c1)OCCO2. The first-order valence-electron chi connectivity index (χ1n) is 15.8. The molecule has 252 valence electrons. The quantitative estimate of drug-likeness (QED) is 0.271. The molecule has 12 nitrogen and oxygen atoms in total. The topological polar surface area (TPSA) is 148 Å². The standard InChI is InChI=1S/C35H38N4O8S/c1-22-19-39(23(2)21-40)35(42)27-10-4-8-25(17-32(41)37-28-11-5-7-24-9-6-14-36-33(24)28)34(27)47-31(22)20-38(3)48(43,44)26-12-13-29-30(18-26)46-16-15-45-29/h4-14,18,22-23,31,40H,15-17,19-21H2,1-3H3,(H,37,41)/t22-,23+,31+/m1/s1. The van der Waals surface area contributed by atoms with Crippen LogP contribution in [0.5, 0.6) is 17.2 Å². The molecular weight excluding hydrogens is 636 g/mol. The maximum Gasteiger partial charge on any atom is 0.257 e. The molecule has 6 rings (SSSR count). The van der Waals surface area contributed by atoms with E-state index in [0.717, 1.165) is 5.39 Å². The highest BCUT2D eigenvalue weighted by Crippen LogP contribution is 2.35. The molecule has 48 heavy (non-hydrogen) atoms. The van der Waals surface area contributed by atoms with Crippen LogP contribution in [0.2, 0.25) is 0 Å². The molecule has 0 spiro atoms. The van der Waals surface area contributed by atoms with Crippen LogP contribution in [0.25, 0.3) is 10.9 Å². The molecule has 3 aromatic carbocycles. The van der Waals surface area contributed by atoms with Crippen LogP contribution in [0, 0.1) is 5.92 Å². The van der Waals surface area contributed by atoms with E-state index in [4.69, 9.17) is 14.2 Å². The van der Waals surface area contributed by atoms with E-state index in [1.54, 1.807) is 48.4 Å². The summed E-state index contributed by atoms with van der Waals surface area (Å²) < 4.78 is 46.5. The number of ether oxygens (including phenoxy) is 3. The summed E-state index contributed by atoms with van der Waals surface area (Å²) in [5.41, 5.74) is 1.88. The number of hydrogen-bond donors (Lipinski definition) is 2. The molecule has 0 unspecified atom stereocenters. The molecule has 4 aromatic rings. The summed E-state index contributed by atoms with van der Waals surface area (Å²) in [4.78, 5) is 33.4. The van der Waals surface area contributed by atoms with Gasteiger partial charge >= 0.3 is 0 Å². The molecule has 1 aromatic heterocycles. The number of nitrogens with one attached hydrogen (secondary N) is 1. The summed E-state index contributed by atoms with van der Waals surface area (Å²) in [5, 5.41) is 13.8. The first kappa shape index (κ1) is 33.2. The summed E-state index contributed by atoms with van der Waals surface area (Å²) in [6.45, 7) is 4.20. The predicted octanol–water partition coefficient (Wildman–Crippen LogP) is 3.73. The number of likely N-dealkylation sites (N-methyl/N-ethyl adjacent to an activating group) is 1. The summed E-state index contributed by atoms with van der Waals surface area (Å²) >= 11 is 0. The van der Waals surface area contributed by atoms with Gasteiger partial charge in [0, 0.05) is 42.7 Å². The van der Waals surface area contributed by atoms with Crippen molar-refractivity contribution in [1.29, 1.82) is 0 Å². The number of amides is 2. The average Bonchev–Trinajstić information content (AvgIpc) is 3.09. The van der Waals surface area contributed by atoms with Crippen molar-refractivity contribution in [3.63, 3.8) is 0 Å². The Labute approximate surface area is 279 Å². The lowest BCUT2D eigenvalue weighted by Gasteiger charge is -2.38. The summed E-state index contributed by atoms with van der Waals surface area (Å²) in [6.07, 6.45) is 0.804. The summed E-state index contributed by atoms with van der Waals surface area (Å²) in [5.74, 6) is -0.0250. The van der Waals surface area contributed by atoms with E-state index < -0.39 is 22.2 Å². The van der Waals surface area contributed by atoms with Crippen molar-refractivity contribution in [2.24, 2.45) is 5.92 Å². The number of anilines is 1. The monoisotopic (exact) mass is 674 g/mol. The number of rotatable bonds is 9. The van der Waals surface area contributed by atoms with Gasteiger partial charge in [-0.3, -0.25) is 14.6 Å². The molecule has 13 heteroatoms. The van der Waals surface area contributed by atoms with Crippen molar-refractivity contribution in [3.05, 3.63) is 84.1 Å². The van der Waals surface area contributed by atoms with Crippen LogP contribution in [-0.2, 0) is 21.2 Å². The third-order valence-electron chi connectivity index (χ3n) is 8.69. The number of fused-ring (bicyclic) bond motifs is 3. The van der Waals surface area contributed by atoms with Gasteiger partial charge < -0.3 is 29.5 Å². The Morgan fingerprint density at radius 2 is 1.83 bits per heavy atom. The van der Waals surface area contributed by atoms with Gasteiger partial charge in [-0.05, 0) is 37.3 Å². The van der Waals surface area contributed by atoms with Crippen molar-refractivity contribution >= 4 is 38.4 Å². The smallest absolute Gasteiger partial charge is 0.257 e. The minimum absolute atomic E-state index is 0.0409. The Morgan fingerprint density at radius 3 is 2.62 bits per heavy atom. The number of pyridine rings is 1. The average molecular weight is 675 g/mol. The number of nitrogens with zero attached hydrogens (tertiary/aromatic N) is 3. The van der Waals surface area contributed by atoms with E-state index in [1.165, 1.54) is 23.5 Å². The lowest BCUT2D eigenvalue weighted by atomic mass is 9.97. The zero-order valence-corrected chi connectivity index (χ0v) is 27.8. The zero-order chi connectivity index (χ0) is 34.0. The Kier molecular flexibility index (Phi) is 9.54. The molecule has 2 N–H and O–H groups in total. The van der Waals surface area contributed by atoms with Gasteiger partial charge in [0.1, 0.15) is 25.1 Å². The fraction of sp³-hybridized carbons (Fsp3) is 0.343. The van der Waals surface area contributed by atoms with E-state index >= 15 is 0 Å². The number of benzene rings is 3. The van der Waals surface area contributed by atoms with Crippen molar-refractivity contribution in [1.82, 2.24) is 14.2 Å². The Morgan fingerprint density at radius 1 is 1.08 bits per heavy atom. The molecule has 0 saturated carbocycles. The van der Waals surface area contributed by atoms with E-state index in [0.29, 0.717) is 41.5 Å². The molecule has 0 saturated heterocycles. The van der Waals surface area contributed by atoms with Crippen LogP contribution >= 0.6 is 0 Å². The van der Waals surface area contributed by atoms with Crippen LogP contribution in [0.1, 0.15) is 29.8 Å². The minimum Gasteiger partial charge on any atom is -0.488 e. The summed E-state index contributed by atoms with van der Waals surface area (Å²) in [7, 11) is -2.52. The van der Waals surface area contributed by atoms with Crippen LogP contribution < -0.4 is 19.5 Å². The van der Waals surface area contributed by atoms with E-state index in [9.17, 15) is 23.1 Å². The molecule has 0 aliphatic carbocycles. The molecular formula is C35H38N4O8S. The van der Waals surface area contributed by atoms with Gasteiger partial charge in [-0.25, -0.2) is 8.42 Å². The fourth-order valence-corrected chi connectivity index (χ4v) is 7.15. The molecule has 3 atom stereocenters. The second-order valence-corrected chi connectivity index (χ2v) is 14.2. The lowest BCUT2D eigenvalue weighted by molar-refractivity contribution is -0.115. The van der Waals surface area contributed by atoms with Gasteiger partial charge in [0.15, 0.2) is 11.5 Å². The second-order valence-electron chi connectivity index (χ2n) is 12.1. The third kappa shape index (κ3) is 6.66. The van der Waals surface area contributed by atoms with E-state index in [1.807, 2.05) is 31.2 Å². The summed E-state index contributed by atoms with van der Waals surface area (Å²) in [6, 6.07) is 18.2. The highest BCUT2D eigenvalue weighted by atomic mass is 32.2. The van der Waals surface area contributed by atoms with Crippen LogP contribution in [0.4, 0.5) is 5.69 Å². The highest BCUT2D eigenvalue weighted by molar-refractivity contribution is 7.89. The van der Waals surface area contributed by atoms with Gasteiger partial charge in [-0.1, -0.05) is 37.3 Å². The maximum absolute atomic E-state index is 13.9. The molecule has 0 radical (unpaired) electrons. The Bertz CT molecular complexity index is 1950. The number of aliphatic hydroxyl groups is 1. The molecule has 3 heterocycles. The predicted molar refractivity (Wildman–Crippen MR) is 179 cm³/mol. The Balaban J connectivity index is 1.31. The molecule has 2 amide bonds. The lowest BCUT2D eigenvalue weighted by Crippen LogP contribution is -2.50. The fourth-order valence-electron chi connectivity index (χ4n) is 5.95. The normalized spacial score (nSPS) is 18.4. The zero-order valence-electron chi connectivity index (χ0n) is 27.0. The minimum atomic E-state index is -3.99. The highest BCUT2D eigenvalue weighted by Gasteiger charge is 2.36. The number of carbonyl (C=O) groups is 2. The number of para-hydroxylation sites is 2. The van der Waals surface area contributed by atoms with Gasteiger partial charge in [-0.2, -0.15) is 4.31 Å². The van der Waals surface area contributed by atoms with Crippen LogP contribution in [0.15, 0.2) is 77.8 Å². The molecule has 2 aliphatic heterocycles. The molecule has 0 bridgehead atoms. The van der Waals surface area contributed by atoms with Crippen molar-refractivity contribution in [2.75, 3.05) is 45.3 Å². The van der Waals surface area contributed by atoms with E-state index in [2.05, 4.69) is 10.3 Å². The molecule has 2 aliphatic rings. The number of aromatic nitrogens is 1. The number of hydrogen-bond acceptors (Lipinski definition) is 9. The Hall–Kier alpha value is -4.72. The van der Waals surface area contributed by atoms with Gasteiger partial charge in [0.25, 0.3) is 5.91 Å².